The Morgan fingerprint density at radius 3 is 2.38 bits per heavy atom. The molecular weight excluding hydrogens is 170 g/mol. The Balaban J connectivity index is 2.28. The van der Waals surface area contributed by atoms with Crippen molar-refractivity contribution in [3.8, 4) is 0 Å². The molecule has 68 valence electrons. The van der Waals surface area contributed by atoms with Crippen LogP contribution in [0.1, 0.15) is 12.5 Å². The number of hydrogen-bond donors (Lipinski definition) is 0. The highest BCUT2D eigenvalue weighted by atomic mass is 16.6. The van der Waals surface area contributed by atoms with Crippen LogP contribution in [0.4, 0.5) is 5.69 Å². The molecule has 1 atom stereocenters. The predicted octanol–water partition coefficient (Wildman–Crippen LogP) is 1.84. The zero-order valence-electron chi connectivity index (χ0n) is 7.19. The largest absolute Gasteiger partial charge is 0.365 e. The van der Waals surface area contributed by atoms with Gasteiger partial charge in [0.15, 0.2) is 0 Å². The Morgan fingerprint density at radius 2 is 2.00 bits per heavy atom. The SMILES string of the molecule is C[C@@]1(c2ccc([N+](=O)[O-])cc2)CO1. The van der Waals surface area contributed by atoms with Gasteiger partial charge in [0.2, 0.25) is 0 Å². The van der Waals surface area contributed by atoms with E-state index in [4.69, 9.17) is 4.74 Å². The molecule has 0 bridgehead atoms. The quantitative estimate of drug-likeness (QED) is 0.395. The highest BCUT2D eigenvalue weighted by molar-refractivity contribution is 5.36. The molecule has 1 fully saturated rings. The van der Waals surface area contributed by atoms with Crippen molar-refractivity contribution < 1.29 is 9.66 Å². The van der Waals surface area contributed by atoms with Crippen molar-refractivity contribution in [2.75, 3.05) is 6.61 Å². The standard InChI is InChI=1S/C9H9NO3/c1-9(6-13-9)7-2-4-8(5-3-7)10(11)12/h2-5H,6H2,1H3/t9-/m0/s1. The van der Waals surface area contributed by atoms with E-state index in [-0.39, 0.29) is 11.3 Å². The first-order chi connectivity index (χ1) is 6.12. The van der Waals surface area contributed by atoms with Gasteiger partial charge < -0.3 is 4.74 Å². The second-order valence-electron chi connectivity index (χ2n) is 3.32. The molecular formula is C9H9NO3. The summed E-state index contributed by atoms with van der Waals surface area (Å²) < 4.78 is 5.21. The van der Waals surface area contributed by atoms with E-state index in [2.05, 4.69) is 0 Å². The van der Waals surface area contributed by atoms with Gasteiger partial charge in [-0.25, -0.2) is 0 Å². The van der Waals surface area contributed by atoms with Crippen molar-refractivity contribution in [2.45, 2.75) is 12.5 Å². The fourth-order valence-electron chi connectivity index (χ4n) is 1.21. The summed E-state index contributed by atoms with van der Waals surface area (Å²) >= 11 is 0. The van der Waals surface area contributed by atoms with Crippen LogP contribution >= 0.6 is 0 Å². The number of ether oxygens (including phenoxy) is 1. The first kappa shape index (κ1) is 8.19. The van der Waals surface area contributed by atoms with Gasteiger partial charge in [-0.15, -0.1) is 0 Å². The van der Waals surface area contributed by atoms with Crippen LogP contribution in [0.15, 0.2) is 24.3 Å². The lowest BCUT2D eigenvalue weighted by atomic mass is 10.0. The Hall–Kier alpha value is -1.42. The van der Waals surface area contributed by atoms with E-state index in [0.29, 0.717) is 6.61 Å². The van der Waals surface area contributed by atoms with Crippen LogP contribution in [-0.4, -0.2) is 11.5 Å². The second kappa shape index (κ2) is 2.53. The van der Waals surface area contributed by atoms with Crippen LogP contribution < -0.4 is 0 Å². The topological polar surface area (TPSA) is 55.7 Å². The molecule has 4 nitrogen and oxygen atoms in total. The minimum absolute atomic E-state index is 0.119. The summed E-state index contributed by atoms with van der Waals surface area (Å²) in [6.07, 6.45) is 0. The number of rotatable bonds is 2. The fourth-order valence-corrected chi connectivity index (χ4v) is 1.21. The first-order valence-corrected chi connectivity index (χ1v) is 4.01. The molecule has 0 aromatic heterocycles. The molecule has 0 radical (unpaired) electrons. The van der Waals surface area contributed by atoms with E-state index in [0.717, 1.165) is 5.56 Å². The van der Waals surface area contributed by atoms with Crippen LogP contribution in [-0.2, 0) is 10.3 Å². The van der Waals surface area contributed by atoms with Crippen molar-refractivity contribution >= 4 is 5.69 Å². The van der Waals surface area contributed by atoms with Crippen LogP contribution in [0, 0.1) is 10.1 Å². The average molecular weight is 179 g/mol. The van der Waals surface area contributed by atoms with Gasteiger partial charge in [-0.3, -0.25) is 10.1 Å². The molecule has 0 saturated carbocycles. The van der Waals surface area contributed by atoms with Crippen LogP contribution in [0.2, 0.25) is 0 Å². The molecule has 13 heavy (non-hydrogen) atoms. The zero-order chi connectivity index (χ0) is 9.47. The lowest BCUT2D eigenvalue weighted by molar-refractivity contribution is -0.384. The van der Waals surface area contributed by atoms with Crippen molar-refractivity contribution in [3.05, 3.63) is 39.9 Å². The molecule has 1 aliphatic rings. The Morgan fingerprint density at radius 1 is 1.46 bits per heavy atom. The average Bonchev–Trinajstić information content (AvgIpc) is 2.85. The van der Waals surface area contributed by atoms with Crippen molar-refractivity contribution in [2.24, 2.45) is 0 Å². The first-order valence-electron chi connectivity index (χ1n) is 4.01. The summed E-state index contributed by atoms with van der Waals surface area (Å²) in [7, 11) is 0. The maximum atomic E-state index is 10.4. The molecule has 1 heterocycles. The molecule has 0 aliphatic carbocycles. The molecule has 0 N–H and O–H groups in total. The highest BCUT2D eigenvalue weighted by Crippen LogP contribution is 2.38. The van der Waals surface area contributed by atoms with Gasteiger partial charge in [0, 0.05) is 12.1 Å². The van der Waals surface area contributed by atoms with Gasteiger partial charge in [-0.1, -0.05) is 0 Å². The third kappa shape index (κ3) is 1.40. The normalized spacial score (nSPS) is 25.6. The minimum atomic E-state index is -0.403. The molecule has 1 aromatic rings. The lowest BCUT2D eigenvalue weighted by Gasteiger charge is -2.03. The van der Waals surface area contributed by atoms with Gasteiger partial charge >= 0.3 is 0 Å². The van der Waals surface area contributed by atoms with E-state index >= 15 is 0 Å². The van der Waals surface area contributed by atoms with Crippen molar-refractivity contribution in [1.82, 2.24) is 0 Å². The fraction of sp³-hybridized carbons (Fsp3) is 0.333. The van der Waals surface area contributed by atoms with E-state index in [1.165, 1.54) is 12.1 Å². The Bertz CT molecular complexity index is 340. The molecule has 4 heteroatoms. The Kier molecular flexibility index (Phi) is 1.60. The minimum Gasteiger partial charge on any atom is -0.365 e. The third-order valence-corrected chi connectivity index (χ3v) is 2.27. The number of epoxide rings is 1. The number of non-ortho nitro benzene ring substituents is 1. The smallest absolute Gasteiger partial charge is 0.269 e. The van der Waals surface area contributed by atoms with Gasteiger partial charge in [-0.2, -0.15) is 0 Å². The van der Waals surface area contributed by atoms with Gasteiger partial charge in [-0.05, 0) is 24.6 Å². The summed E-state index contributed by atoms with van der Waals surface area (Å²) in [4.78, 5) is 9.95. The number of hydrogen-bond acceptors (Lipinski definition) is 3. The number of nitro benzene ring substituents is 1. The molecule has 1 aromatic carbocycles. The van der Waals surface area contributed by atoms with Gasteiger partial charge in [0.05, 0.1) is 11.5 Å². The molecule has 1 aliphatic heterocycles. The second-order valence-corrected chi connectivity index (χ2v) is 3.32. The zero-order valence-corrected chi connectivity index (χ0v) is 7.19. The number of benzene rings is 1. The molecule has 2 rings (SSSR count). The Labute approximate surface area is 75.3 Å². The number of nitrogens with zero attached hydrogens (tertiary/aromatic N) is 1. The van der Waals surface area contributed by atoms with Crippen LogP contribution in [0.5, 0.6) is 0 Å². The van der Waals surface area contributed by atoms with Crippen molar-refractivity contribution in [3.63, 3.8) is 0 Å². The molecule has 1 saturated heterocycles. The number of nitro groups is 1. The molecule has 0 spiro atoms. The van der Waals surface area contributed by atoms with Crippen LogP contribution in [0.3, 0.4) is 0 Å². The summed E-state index contributed by atoms with van der Waals surface area (Å²) in [5, 5.41) is 10.4. The maximum Gasteiger partial charge on any atom is 0.269 e. The summed E-state index contributed by atoms with van der Waals surface area (Å²) in [6.45, 7) is 2.67. The van der Waals surface area contributed by atoms with Crippen molar-refractivity contribution in [1.29, 1.82) is 0 Å². The van der Waals surface area contributed by atoms with Gasteiger partial charge in [0.1, 0.15) is 5.60 Å². The monoisotopic (exact) mass is 179 g/mol. The maximum absolute atomic E-state index is 10.4. The van der Waals surface area contributed by atoms with E-state index in [1.54, 1.807) is 12.1 Å². The van der Waals surface area contributed by atoms with Gasteiger partial charge in [0.25, 0.3) is 5.69 Å². The summed E-state index contributed by atoms with van der Waals surface area (Å²) in [6, 6.07) is 6.49. The summed E-state index contributed by atoms with van der Waals surface area (Å²) in [5.74, 6) is 0. The highest BCUT2D eigenvalue weighted by Gasteiger charge is 2.41. The van der Waals surface area contributed by atoms with E-state index in [1.807, 2.05) is 6.92 Å². The van der Waals surface area contributed by atoms with E-state index in [9.17, 15) is 10.1 Å². The molecule has 0 unspecified atom stereocenters. The van der Waals surface area contributed by atoms with E-state index < -0.39 is 4.92 Å². The predicted molar refractivity (Wildman–Crippen MR) is 46.4 cm³/mol. The van der Waals surface area contributed by atoms with Crippen LogP contribution in [0.25, 0.3) is 0 Å². The third-order valence-electron chi connectivity index (χ3n) is 2.27. The molecule has 0 amide bonds. The summed E-state index contributed by atoms with van der Waals surface area (Å²) in [5.41, 5.74) is 0.917. The lowest BCUT2D eigenvalue weighted by Crippen LogP contribution is -2.01.